The number of amides is 1. The predicted octanol–water partition coefficient (Wildman–Crippen LogP) is 7.41. The lowest BCUT2D eigenvalue weighted by Gasteiger charge is -2.36. The molecule has 1 N–H and O–H groups in total. The smallest absolute Gasteiger partial charge is 0.433 e. The molecule has 2 saturated carbocycles. The molecule has 1 aromatic carbocycles. The number of alkyl halides is 6. The molecule has 0 radical (unpaired) electrons. The highest BCUT2D eigenvalue weighted by Crippen LogP contribution is 2.58. The zero-order valence-corrected chi connectivity index (χ0v) is 24.9. The van der Waals surface area contributed by atoms with Crippen LogP contribution >= 0.6 is 23.2 Å². The van der Waals surface area contributed by atoms with E-state index in [9.17, 15) is 41.0 Å². The molecule has 2 aromatic rings. The van der Waals surface area contributed by atoms with Crippen LogP contribution in [0.4, 0.5) is 26.3 Å². The van der Waals surface area contributed by atoms with Crippen LogP contribution in [0.25, 0.3) is 0 Å². The fourth-order valence-electron chi connectivity index (χ4n) is 5.64. The van der Waals surface area contributed by atoms with Crippen LogP contribution in [0.2, 0.25) is 10.0 Å². The minimum Gasteiger partial charge on any atom is -0.466 e. The monoisotopic (exact) mass is 657 g/mol. The highest BCUT2D eigenvalue weighted by Gasteiger charge is 2.64. The number of esters is 1. The first-order valence-electron chi connectivity index (χ1n) is 13.7. The second-order valence-corrected chi connectivity index (χ2v) is 12.3. The quantitative estimate of drug-likeness (QED) is 0.224. The van der Waals surface area contributed by atoms with E-state index in [0.717, 1.165) is 0 Å². The van der Waals surface area contributed by atoms with Crippen molar-refractivity contribution in [2.24, 2.45) is 10.8 Å². The van der Waals surface area contributed by atoms with E-state index in [1.54, 1.807) is 13.8 Å². The lowest BCUT2D eigenvalue weighted by atomic mass is 9.74. The number of hydrogen-bond donors (Lipinski definition) is 1. The summed E-state index contributed by atoms with van der Waals surface area (Å²) in [5, 5.41) is 14.7. The van der Waals surface area contributed by atoms with Crippen molar-refractivity contribution in [2.75, 3.05) is 19.7 Å². The highest BCUT2D eigenvalue weighted by molar-refractivity contribution is 6.36. The van der Waals surface area contributed by atoms with Gasteiger partial charge in [0, 0.05) is 22.2 Å². The predicted molar refractivity (Wildman–Crippen MR) is 145 cm³/mol. The van der Waals surface area contributed by atoms with Gasteiger partial charge in [0.05, 0.1) is 47.9 Å². The number of hydrogen-bond acceptors (Lipinski definition) is 5. The molecule has 1 aromatic heterocycles. The van der Waals surface area contributed by atoms with Gasteiger partial charge in [-0.15, -0.1) is 0 Å². The van der Waals surface area contributed by atoms with E-state index in [4.69, 9.17) is 27.9 Å². The van der Waals surface area contributed by atoms with Gasteiger partial charge in [-0.25, -0.2) is 0 Å². The third-order valence-electron chi connectivity index (χ3n) is 8.43. The number of aromatic nitrogens is 2. The average molecular weight is 658 g/mol. The largest absolute Gasteiger partial charge is 0.466 e. The summed E-state index contributed by atoms with van der Waals surface area (Å²) in [6.45, 7) is 1.70. The highest BCUT2D eigenvalue weighted by atomic mass is 35.5. The summed E-state index contributed by atoms with van der Waals surface area (Å²) < 4.78 is 91.1. The summed E-state index contributed by atoms with van der Waals surface area (Å²) >= 11 is 12.3. The zero-order chi connectivity index (χ0) is 32.0. The molecule has 1 unspecified atom stereocenters. The number of halogens is 8. The molecule has 0 saturated heterocycles. The van der Waals surface area contributed by atoms with E-state index in [2.05, 4.69) is 5.10 Å². The second-order valence-electron chi connectivity index (χ2n) is 11.5. The molecule has 1 heterocycles. The normalized spacial score (nSPS) is 22.6. The van der Waals surface area contributed by atoms with Crippen molar-refractivity contribution in [1.82, 2.24) is 14.7 Å². The van der Waals surface area contributed by atoms with Gasteiger partial charge in [0.1, 0.15) is 0 Å². The molecule has 2 aliphatic rings. The standard InChI is InChI=1S/C28H31Cl2F6N3O4/c1-3-43-24(42)25(2)9-7-16(8-10-25)39-22(27(31,32)33)17(13-37-39)23(41)38(15-26(11-12-26)28(34,35)36)14-20(40)21-18(29)5-4-6-19(21)30/h4-6,13,16,20,40H,3,7-12,14-15H2,1-2H3. The van der Waals surface area contributed by atoms with Crippen molar-refractivity contribution >= 4 is 35.1 Å². The van der Waals surface area contributed by atoms with Crippen LogP contribution < -0.4 is 0 Å². The SMILES string of the molecule is CCOC(=O)C1(C)CCC(n2ncc(C(=O)N(CC(O)c3c(Cl)cccc3Cl)CC3(C(F)(F)F)CC3)c2C(F)(F)F)CC1. The average Bonchev–Trinajstić information content (AvgIpc) is 3.56. The zero-order valence-electron chi connectivity index (χ0n) is 23.4. The Morgan fingerprint density at radius 1 is 1.12 bits per heavy atom. The van der Waals surface area contributed by atoms with E-state index >= 15 is 0 Å². The van der Waals surface area contributed by atoms with Gasteiger partial charge in [-0.3, -0.25) is 14.3 Å². The summed E-state index contributed by atoms with van der Waals surface area (Å²) in [5.74, 6) is -1.82. The molecule has 1 amide bonds. The maximum atomic E-state index is 14.5. The first kappa shape index (κ1) is 33.4. The lowest BCUT2D eigenvalue weighted by molar-refractivity contribution is -0.190. The van der Waals surface area contributed by atoms with E-state index < -0.39 is 71.6 Å². The molecular formula is C28H31Cl2F6N3O4. The number of carbonyl (C=O) groups excluding carboxylic acids is 2. The lowest BCUT2D eigenvalue weighted by Crippen LogP contribution is -2.44. The van der Waals surface area contributed by atoms with Crippen LogP contribution in [-0.2, 0) is 15.7 Å². The number of nitrogens with zero attached hydrogens (tertiary/aromatic N) is 3. The van der Waals surface area contributed by atoms with Crippen LogP contribution in [0.5, 0.6) is 0 Å². The minimum atomic E-state index is -5.10. The summed E-state index contributed by atoms with van der Waals surface area (Å²) in [4.78, 5) is 26.7. The topological polar surface area (TPSA) is 84.7 Å². The third kappa shape index (κ3) is 6.78. The molecule has 1 atom stereocenters. The first-order chi connectivity index (χ1) is 19.9. The van der Waals surface area contributed by atoms with E-state index in [0.29, 0.717) is 15.8 Å². The molecule has 2 aliphatic carbocycles. The van der Waals surface area contributed by atoms with Crippen LogP contribution in [0, 0.1) is 10.8 Å². The molecule has 0 bridgehead atoms. The van der Waals surface area contributed by atoms with Crippen LogP contribution in [-0.4, -0.2) is 57.5 Å². The van der Waals surface area contributed by atoms with Crippen LogP contribution in [0.15, 0.2) is 24.4 Å². The van der Waals surface area contributed by atoms with Gasteiger partial charge < -0.3 is 14.7 Å². The van der Waals surface area contributed by atoms with Crippen LogP contribution in [0.3, 0.4) is 0 Å². The maximum absolute atomic E-state index is 14.5. The van der Waals surface area contributed by atoms with E-state index in [1.165, 1.54) is 18.2 Å². The van der Waals surface area contributed by atoms with Crippen molar-refractivity contribution in [1.29, 1.82) is 0 Å². The fraction of sp³-hybridized carbons (Fsp3) is 0.607. The maximum Gasteiger partial charge on any atom is 0.433 e. The number of benzene rings is 1. The van der Waals surface area contributed by atoms with Crippen molar-refractivity contribution in [3.8, 4) is 0 Å². The number of rotatable bonds is 9. The van der Waals surface area contributed by atoms with Gasteiger partial charge in [0.2, 0.25) is 0 Å². The van der Waals surface area contributed by atoms with Crippen molar-refractivity contribution < 1.29 is 45.8 Å². The Morgan fingerprint density at radius 3 is 2.19 bits per heavy atom. The van der Waals surface area contributed by atoms with Gasteiger partial charge in [0.25, 0.3) is 5.91 Å². The number of aliphatic hydroxyl groups is 1. The summed E-state index contributed by atoms with van der Waals surface area (Å²) in [5.41, 5.74) is -5.63. The Morgan fingerprint density at radius 2 is 1.70 bits per heavy atom. The third-order valence-corrected chi connectivity index (χ3v) is 9.09. The second kappa shape index (κ2) is 12.1. The molecule has 0 aliphatic heterocycles. The fourth-order valence-corrected chi connectivity index (χ4v) is 6.29. The van der Waals surface area contributed by atoms with Crippen molar-refractivity contribution in [2.45, 2.75) is 76.9 Å². The first-order valence-corrected chi connectivity index (χ1v) is 14.5. The van der Waals surface area contributed by atoms with Crippen LogP contribution in [0.1, 0.15) is 86.1 Å². The molecule has 238 valence electrons. The van der Waals surface area contributed by atoms with E-state index in [-0.39, 0.29) is 60.7 Å². The summed E-state index contributed by atoms with van der Waals surface area (Å²) in [6, 6.07) is 3.39. The minimum absolute atomic E-state index is 0.0275. The van der Waals surface area contributed by atoms with Gasteiger partial charge in [-0.1, -0.05) is 29.3 Å². The Kier molecular flexibility index (Phi) is 9.41. The molecule has 2 fully saturated rings. The summed E-state index contributed by atoms with van der Waals surface area (Å²) in [7, 11) is 0. The summed E-state index contributed by atoms with van der Waals surface area (Å²) in [6.07, 6.45) is -10.8. The number of ether oxygens (including phenoxy) is 1. The Balaban J connectivity index is 1.68. The molecule has 0 spiro atoms. The van der Waals surface area contributed by atoms with Gasteiger partial charge >= 0.3 is 18.3 Å². The number of aliphatic hydroxyl groups excluding tert-OH is 1. The molecule has 4 rings (SSSR count). The van der Waals surface area contributed by atoms with E-state index in [1.807, 2.05) is 0 Å². The molecule has 15 heteroatoms. The molecular weight excluding hydrogens is 627 g/mol. The molecule has 43 heavy (non-hydrogen) atoms. The Hall–Kier alpha value is -2.51. The van der Waals surface area contributed by atoms with Gasteiger partial charge in [-0.05, 0) is 64.5 Å². The number of carbonyl (C=O) groups is 2. The van der Waals surface area contributed by atoms with Gasteiger partial charge in [0.15, 0.2) is 5.69 Å². The van der Waals surface area contributed by atoms with Crippen molar-refractivity contribution in [3.05, 3.63) is 51.3 Å². The Bertz CT molecular complexity index is 1330. The molecule has 7 nitrogen and oxygen atoms in total. The Labute approximate surface area is 254 Å². The van der Waals surface area contributed by atoms with Gasteiger partial charge in [-0.2, -0.15) is 31.4 Å². The van der Waals surface area contributed by atoms with Crippen molar-refractivity contribution in [3.63, 3.8) is 0 Å².